The highest BCUT2D eigenvalue weighted by Crippen LogP contribution is 2.33. The maximum atomic E-state index is 14.8. The third-order valence-corrected chi connectivity index (χ3v) is 8.52. The van der Waals surface area contributed by atoms with Crippen LogP contribution in [0, 0.1) is 23.5 Å². The zero-order valence-corrected chi connectivity index (χ0v) is 24.3. The van der Waals surface area contributed by atoms with Gasteiger partial charge in [-0.05, 0) is 45.1 Å². The number of carbonyl (C=O) groups is 2. The first kappa shape index (κ1) is 29.3. The molecule has 0 saturated heterocycles. The Balaban J connectivity index is 1.14. The van der Waals surface area contributed by atoms with Crippen LogP contribution in [0.4, 0.5) is 8.78 Å². The normalized spacial score (nSPS) is 18.6. The van der Waals surface area contributed by atoms with Gasteiger partial charge in [-0.2, -0.15) is 5.10 Å². The average Bonchev–Trinajstić information content (AvgIpc) is 3.42. The van der Waals surface area contributed by atoms with Gasteiger partial charge < -0.3 is 19.9 Å². The molecule has 1 aliphatic carbocycles. The number of carbonyl (C=O) groups excluding carboxylic acids is 2. The standard InChI is InChI=1S/C30H32F2N8O4/c1-15(2)39-6-7-40-19(11-23(41)26(42)25(40)30(39)44)13-35-29(43)17-5-3-4-16(8-17)9-22-21(32)14-34-28(36-22)24-20-10-18(31)12-33-27(20)38-37-24/h10-12,14-17,42H,3-9,13H2,1-2H3,(H,35,43)(H,33,37,38)/t16?,17-/m0/s1. The third kappa shape index (κ3) is 5.51. The minimum atomic E-state index is -0.673. The van der Waals surface area contributed by atoms with Crippen molar-refractivity contribution in [2.45, 2.75) is 65.1 Å². The van der Waals surface area contributed by atoms with Crippen molar-refractivity contribution in [3.8, 4) is 17.3 Å². The number of H-pyrrole nitrogens is 1. The van der Waals surface area contributed by atoms with Crippen LogP contribution in [0.5, 0.6) is 5.75 Å². The van der Waals surface area contributed by atoms with Crippen LogP contribution in [0.25, 0.3) is 22.6 Å². The number of amides is 2. The Hall–Kier alpha value is -4.75. The topological polar surface area (TPSA) is 159 Å². The van der Waals surface area contributed by atoms with E-state index in [0.29, 0.717) is 54.8 Å². The molecule has 4 aromatic rings. The summed E-state index contributed by atoms with van der Waals surface area (Å²) in [6.45, 7) is 4.56. The molecule has 1 unspecified atom stereocenters. The van der Waals surface area contributed by atoms with Gasteiger partial charge in [0.15, 0.2) is 28.7 Å². The van der Waals surface area contributed by atoms with Gasteiger partial charge in [-0.15, -0.1) is 0 Å². The van der Waals surface area contributed by atoms with Crippen molar-refractivity contribution in [3.05, 3.63) is 63.5 Å². The van der Waals surface area contributed by atoms with E-state index in [1.54, 1.807) is 9.47 Å². The Morgan fingerprint density at radius 1 is 1.16 bits per heavy atom. The van der Waals surface area contributed by atoms with Gasteiger partial charge in [-0.25, -0.2) is 23.7 Å². The van der Waals surface area contributed by atoms with E-state index < -0.39 is 28.7 Å². The number of aromatic amines is 1. The first-order valence-corrected chi connectivity index (χ1v) is 14.7. The molecule has 14 heteroatoms. The smallest absolute Gasteiger partial charge is 0.274 e. The first-order valence-electron chi connectivity index (χ1n) is 14.7. The second kappa shape index (κ2) is 11.7. The van der Waals surface area contributed by atoms with E-state index in [2.05, 4.69) is 30.5 Å². The lowest BCUT2D eigenvalue weighted by molar-refractivity contribution is -0.126. The van der Waals surface area contributed by atoms with Crippen LogP contribution in [0.2, 0.25) is 0 Å². The van der Waals surface area contributed by atoms with Crippen molar-refractivity contribution in [1.29, 1.82) is 0 Å². The maximum absolute atomic E-state index is 14.8. The minimum Gasteiger partial charge on any atom is -0.503 e. The SMILES string of the molecule is CC(C)N1CCn2c(CNC(=O)[C@H]3CCCC(Cc4nc(-c5[nH]nc6ncc(F)cc56)ncc4F)C3)cc(=O)c(O)c2C1=O. The molecule has 1 aliphatic heterocycles. The molecule has 0 radical (unpaired) electrons. The van der Waals surface area contributed by atoms with Crippen LogP contribution in [0.1, 0.15) is 61.4 Å². The summed E-state index contributed by atoms with van der Waals surface area (Å²) >= 11 is 0. The van der Waals surface area contributed by atoms with Gasteiger partial charge in [0.05, 0.1) is 30.0 Å². The number of rotatable bonds is 7. The number of fused-ring (bicyclic) bond motifs is 2. The molecule has 2 amide bonds. The number of aromatic hydroxyl groups is 1. The van der Waals surface area contributed by atoms with Crippen LogP contribution in [0.3, 0.4) is 0 Å². The van der Waals surface area contributed by atoms with E-state index in [9.17, 15) is 28.3 Å². The minimum absolute atomic E-state index is 0.0157. The van der Waals surface area contributed by atoms with Crippen LogP contribution >= 0.6 is 0 Å². The van der Waals surface area contributed by atoms with Crippen molar-refractivity contribution >= 4 is 22.8 Å². The molecular weight excluding hydrogens is 574 g/mol. The summed E-state index contributed by atoms with van der Waals surface area (Å²) in [7, 11) is 0. The molecular formula is C30H32F2N8O4. The van der Waals surface area contributed by atoms with Gasteiger partial charge in [-0.3, -0.25) is 19.5 Å². The zero-order chi connectivity index (χ0) is 31.1. The second-order valence-electron chi connectivity index (χ2n) is 11.7. The highest BCUT2D eigenvalue weighted by Gasteiger charge is 2.32. The quantitative estimate of drug-likeness (QED) is 0.290. The van der Waals surface area contributed by atoms with Crippen molar-refractivity contribution in [2.24, 2.45) is 11.8 Å². The predicted octanol–water partition coefficient (Wildman–Crippen LogP) is 3.09. The van der Waals surface area contributed by atoms with Crippen LogP contribution in [-0.2, 0) is 24.3 Å². The van der Waals surface area contributed by atoms with Gasteiger partial charge in [0, 0.05) is 36.8 Å². The number of halogens is 2. The molecule has 230 valence electrons. The van der Waals surface area contributed by atoms with E-state index in [1.807, 2.05) is 13.8 Å². The lowest BCUT2D eigenvalue weighted by Crippen LogP contribution is -2.46. The van der Waals surface area contributed by atoms with E-state index >= 15 is 0 Å². The molecule has 12 nitrogen and oxygen atoms in total. The number of pyridine rings is 2. The average molecular weight is 607 g/mol. The van der Waals surface area contributed by atoms with E-state index in [0.717, 1.165) is 25.2 Å². The summed E-state index contributed by atoms with van der Waals surface area (Å²) in [5, 5.41) is 20.5. The molecule has 6 rings (SSSR count). The summed E-state index contributed by atoms with van der Waals surface area (Å²) in [5.74, 6) is -2.49. The Bertz CT molecular complexity index is 1820. The van der Waals surface area contributed by atoms with Crippen molar-refractivity contribution in [2.75, 3.05) is 6.54 Å². The molecule has 0 spiro atoms. The molecule has 4 aromatic heterocycles. The molecule has 2 aliphatic rings. The fourth-order valence-corrected chi connectivity index (χ4v) is 6.26. The fourth-order valence-electron chi connectivity index (χ4n) is 6.26. The van der Waals surface area contributed by atoms with Crippen molar-refractivity contribution in [3.63, 3.8) is 0 Å². The number of nitrogens with one attached hydrogen (secondary N) is 2. The molecule has 1 fully saturated rings. The van der Waals surface area contributed by atoms with Crippen molar-refractivity contribution in [1.82, 2.24) is 39.9 Å². The van der Waals surface area contributed by atoms with E-state index in [-0.39, 0.29) is 47.5 Å². The third-order valence-electron chi connectivity index (χ3n) is 8.52. The molecule has 2 atom stereocenters. The fraction of sp³-hybridized carbons (Fsp3) is 0.433. The first-order chi connectivity index (χ1) is 21.1. The largest absolute Gasteiger partial charge is 0.503 e. The second-order valence-corrected chi connectivity index (χ2v) is 11.7. The Morgan fingerprint density at radius 3 is 2.77 bits per heavy atom. The van der Waals surface area contributed by atoms with Gasteiger partial charge in [0.25, 0.3) is 5.91 Å². The number of nitrogens with zero attached hydrogens (tertiary/aromatic N) is 6. The molecule has 5 heterocycles. The van der Waals surface area contributed by atoms with Crippen LogP contribution in [0.15, 0.2) is 29.3 Å². The molecule has 0 aromatic carbocycles. The maximum Gasteiger partial charge on any atom is 0.274 e. The highest BCUT2D eigenvalue weighted by atomic mass is 19.1. The lowest BCUT2D eigenvalue weighted by atomic mass is 9.79. The summed E-state index contributed by atoms with van der Waals surface area (Å²) < 4.78 is 30.2. The Morgan fingerprint density at radius 2 is 1.98 bits per heavy atom. The summed E-state index contributed by atoms with van der Waals surface area (Å²) in [6.07, 6.45) is 5.16. The van der Waals surface area contributed by atoms with Gasteiger partial charge >= 0.3 is 0 Å². The summed E-state index contributed by atoms with van der Waals surface area (Å²) in [6, 6.07) is 2.42. The Labute approximate surface area is 250 Å². The molecule has 1 saturated carbocycles. The van der Waals surface area contributed by atoms with E-state index in [4.69, 9.17) is 0 Å². The van der Waals surface area contributed by atoms with E-state index in [1.165, 1.54) is 12.1 Å². The van der Waals surface area contributed by atoms with Crippen LogP contribution < -0.4 is 10.7 Å². The molecule has 0 bridgehead atoms. The Kier molecular flexibility index (Phi) is 7.82. The molecule has 3 N–H and O–H groups in total. The van der Waals surface area contributed by atoms with Gasteiger partial charge in [0.2, 0.25) is 11.3 Å². The number of hydrogen-bond donors (Lipinski definition) is 3. The van der Waals surface area contributed by atoms with Gasteiger partial charge in [-0.1, -0.05) is 12.8 Å². The summed E-state index contributed by atoms with van der Waals surface area (Å²) in [5.41, 5.74) is 0.533. The monoisotopic (exact) mass is 606 g/mol. The summed E-state index contributed by atoms with van der Waals surface area (Å²) in [4.78, 5) is 52.8. The molecule has 44 heavy (non-hydrogen) atoms. The van der Waals surface area contributed by atoms with Crippen molar-refractivity contribution < 1.29 is 23.5 Å². The lowest BCUT2D eigenvalue weighted by Gasteiger charge is -2.34. The highest BCUT2D eigenvalue weighted by molar-refractivity contribution is 5.96. The predicted molar refractivity (Wildman–Crippen MR) is 154 cm³/mol. The van der Waals surface area contributed by atoms with Gasteiger partial charge in [0.1, 0.15) is 11.5 Å². The van der Waals surface area contributed by atoms with Crippen LogP contribution in [-0.4, -0.2) is 64.1 Å². The number of hydrogen-bond acceptors (Lipinski definition) is 8. The zero-order valence-electron chi connectivity index (χ0n) is 24.3. The number of aromatic nitrogens is 6.